The molecule has 2 heteroatoms. The van der Waals surface area contributed by atoms with Crippen LogP contribution in [0.3, 0.4) is 0 Å². The molecule has 0 bridgehead atoms. The molecule has 1 heterocycles. The molecule has 0 spiro atoms. The average Bonchev–Trinajstić information content (AvgIpc) is 1.69. The third-order valence-corrected chi connectivity index (χ3v) is 2.22. The molecule has 41 valence electrons. The van der Waals surface area contributed by atoms with Crippen molar-refractivity contribution in [1.82, 2.24) is 5.32 Å². The molecule has 0 aromatic rings. The Balaban J connectivity index is 2.12. The van der Waals surface area contributed by atoms with Crippen LogP contribution in [0.5, 0.6) is 0 Å². The van der Waals surface area contributed by atoms with Crippen LogP contribution in [0.2, 0.25) is 0 Å². The van der Waals surface area contributed by atoms with Gasteiger partial charge in [0.1, 0.15) is 0 Å². The Labute approximate surface area is 48.9 Å². The van der Waals surface area contributed by atoms with Gasteiger partial charge in [0, 0.05) is 24.1 Å². The van der Waals surface area contributed by atoms with Crippen molar-refractivity contribution in [2.45, 2.75) is 13.0 Å². The van der Waals surface area contributed by atoms with Crippen molar-refractivity contribution in [3.8, 4) is 0 Å². The number of hydrogen-bond acceptors (Lipinski definition) is 1. The first kappa shape index (κ1) is 5.45. The Hall–Kier alpha value is 0.310. The Kier molecular flexibility index (Phi) is 2.00. The molecule has 1 rings (SSSR count). The van der Waals surface area contributed by atoms with Gasteiger partial charge in [0.25, 0.3) is 0 Å². The fraction of sp³-hybridized carbons (Fsp3) is 1.00. The van der Waals surface area contributed by atoms with Gasteiger partial charge in [0.05, 0.1) is 0 Å². The van der Waals surface area contributed by atoms with E-state index < -0.39 is 0 Å². The van der Waals surface area contributed by atoms with Crippen LogP contribution in [-0.2, 0) is 0 Å². The van der Waals surface area contributed by atoms with E-state index in [0.717, 1.165) is 6.54 Å². The van der Waals surface area contributed by atoms with Crippen molar-refractivity contribution in [1.29, 1.82) is 0 Å². The van der Waals surface area contributed by atoms with Crippen LogP contribution in [0.4, 0.5) is 0 Å². The molecule has 1 radical (unpaired) electrons. The van der Waals surface area contributed by atoms with Gasteiger partial charge in [-0.25, -0.2) is 5.32 Å². The van der Waals surface area contributed by atoms with E-state index in [9.17, 15) is 0 Å². The predicted molar refractivity (Wildman–Crippen MR) is 33.8 cm³/mol. The zero-order valence-electron chi connectivity index (χ0n) is 4.55. The highest BCUT2D eigenvalue weighted by atomic mass is 32.2. The van der Waals surface area contributed by atoms with Crippen molar-refractivity contribution >= 4 is 11.8 Å². The maximum absolute atomic E-state index is 4.31. The minimum absolute atomic E-state index is 0.624. The molecule has 1 saturated heterocycles. The minimum Gasteiger partial charge on any atom is -0.237 e. The Morgan fingerprint density at radius 3 is 2.86 bits per heavy atom. The summed E-state index contributed by atoms with van der Waals surface area (Å²) in [6, 6.07) is 0.624. The molecule has 0 amide bonds. The van der Waals surface area contributed by atoms with Crippen LogP contribution in [0.1, 0.15) is 6.92 Å². The van der Waals surface area contributed by atoms with Gasteiger partial charge in [0.2, 0.25) is 0 Å². The first-order chi connectivity index (χ1) is 3.39. The molecule has 1 nitrogen and oxygen atoms in total. The maximum atomic E-state index is 4.31. The van der Waals surface area contributed by atoms with Gasteiger partial charge in [-0.1, -0.05) is 0 Å². The standard InChI is InChI=1S/C5H10NS/c1-5-4-7-3-2-6-5/h5H,2-4H2,1H3. The predicted octanol–water partition coefficient (Wildman–Crippen LogP) is 0.726. The average molecular weight is 116 g/mol. The molecule has 0 aromatic heterocycles. The summed E-state index contributed by atoms with van der Waals surface area (Å²) >= 11 is 2.01. The van der Waals surface area contributed by atoms with Gasteiger partial charge in [-0.15, -0.1) is 0 Å². The lowest BCUT2D eigenvalue weighted by Gasteiger charge is -2.15. The minimum atomic E-state index is 0.624. The number of hydrogen-bond donors (Lipinski definition) is 0. The van der Waals surface area contributed by atoms with Crippen molar-refractivity contribution < 1.29 is 0 Å². The molecule has 1 unspecified atom stereocenters. The summed E-state index contributed by atoms with van der Waals surface area (Å²) < 4.78 is 0. The van der Waals surface area contributed by atoms with Crippen molar-refractivity contribution in [2.24, 2.45) is 0 Å². The SMILES string of the molecule is CC1CSCC[N]1. The first-order valence-electron chi connectivity index (χ1n) is 2.64. The molecule has 0 aromatic carbocycles. The van der Waals surface area contributed by atoms with Crippen LogP contribution in [0.25, 0.3) is 0 Å². The van der Waals surface area contributed by atoms with E-state index in [1.165, 1.54) is 11.5 Å². The second-order valence-electron chi connectivity index (χ2n) is 1.83. The largest absolute Gasteiger partial charge is 0.237 e. The molecule has 0 N–H and O–H groups in total. The van der Waals surface area contributed by atoms with Crippen LogP contribution in [0.15, 0.2) is 0 Å². The Bertz CT molecular complexity index is 50.0. The highest BCUT2D eigenvalue weighted by Gasteiger charge is 2.06. The third kappa shape index (κ3) is 1.70. The summed E-state index contributed by atoms with van der Waals surface area (Å²) in [4.78, 5) is 0. The van der Waals surface area contributed by atoms with Crippen molar-refractivity contribution in [3.05, 3.63) is 0 Å². The summed E-state index contributed by atoms with van der Waals surface area (Å²) in [5.41, 5.74) is 0. The van der Waals surface area contributed by atoms with Crippen LogP contribution < -0.4 is 5.32 Å². The van der Waals surface area contributed by atoms with Gasteiger partial charge in [-0.3, -0.25) is 0 Å². The normalized spacial score (nSPS) is 33.0. The lowest BCUT2D eigenvalue weighted by molar-refractivity contribution is 0.596. The molecule has 1 fully saturated rings. The zero-order chi connectivity index (χ0) is 5.11. The number of thioether (sulfide) groups is 1. The van der Waals surface area contributed by atoms with E-state index in [2.05, 4.69) is 12.2 Å². The van der Waals surface area contributed by atoms with Crippen LogP contribution in [0, 0.1) is 0 Å². The van der Waals surface area contributed by atoms with Crippen LogP contribution >= 0.6 is 11.8 Å². The molecule has 0 saturated carbocycles. The quantitative estimate of drug-likeness (QED) is 0.455. The van der Waals surface area contributed by atoms with Gasteiger partial charge < -0.3 is 0 Å². The van der Waals surface area contributed by atoms with Gasteiger partial charge in [-0.05, 0) is 6.92 Å². The maximum Gasteiger partial charge on any atom is 0.0308 e. The summed E-state index contributed by atoms with van der Waals surface area (Å²) in [5.74, 6) is 2.48. The summed E-state index contributed by atoms with van der Waals surface area (Å²) in [6.07, 6.45) is 0. The molecular formula is C5H10NS. The number of rotatable bonds is 0. The first-order valence-corrected chi connectivity index (χ1v) is 3.79. The van der Waals surface area contributed by atoms with E-state index >= 15 is 0 Å². The zero-order valence-corrected chi connectivity index (χ0v) is 5.37. The van der Waals surface area contributed by atoms with E-state index in [1.807, 2.05) is 11.8 Å². The van der Waals surface area contributed by atoms with Crippen molar-refractivity contribution in [2.75, 3.05) is 18.1 Å². The fourth-order valence-electron chi connectivity index (χ4n) is 0.644. The Morgan fingerprint density at radius 2 is 2.57 bits per heavy atom. The highest BCUT2D eigenvalue weighted by molar-refractivity contribution is 7.99. The molecule has 1 aliphatic heterocycles. The van der Waals surface area contributed by atoms with E-state index in [0.29, 0.717) is 6.04 Å². The second kappa shape index (κ2) is 2.58. The van der Waals surface area contributed by atoms with Gasteiger partial charge >= 0.3 is 0 Å². The molecular weight excluding hydrogens is 106 g/mol. The molecule has 1 atom stereocenters. The smallest absolute Gasteiger partial charge is 0.0308 e. The molecule has 7 heavy (non-hydrogen) atoms. The number of nitrogens with zero attached hydrogens (tertiary/aromatic N) is 1. The van der Waals surface area contributed by atoms with E-state index in [1.54, 1.807) is 0 Å². The second-order valence-corrected chi connectivity index (χ2v) is 2.98. The molecule has 1 aliphatic rings. The lowest BCUT2D eigenvalue weighted by Crippen LogP contribution is -2.27. The van der Waals surface area contributed by atoms with Gasteiger partial charge in [-0.2, -0.15) is 11.8 Å². The molecule has 0 aliphatic carbocycles. The summed E-state index contributed by atoms with van der Waals surface area (Å²) in [5, 5.41) is 4.31. The fourth-order valence-corrected chi connectivity index (χ4v) is 1.49. The Morgan fingerprint density at radius 1 is 1.71 bits per heavy atom. The monoisotopic (exact) mass is 116 g/mol. The highest BCUT2D eigenvalue weighted by Crippen LogP contribution is 2.07. The van der Waals surface area contributed by atoms with Gasteiger partial charge in [0.15, 0.2) is 0 Å². The summed E-state index contributed by atoms with van der Waals surface area (Å²) in [6.45, 7) is 3.25. The lowest BCUT2D eigenvalue weighted by atomic mass is 10.4. The van der Waals surface area contributed by atoms with Crippen molar-refractivity contribution in [3.63, 3.8) is 0 Å². The van der Waals surface area contributed by atoms with Crippen LogP contribution in [-0.4, -0.2) is 24.1 Å². The van der Waals surface area contributed by atoms with E-state index in [-0.39, 0.29) is 0 Å². The topological polar surface area (TPSA) is 14.1 Å². The van der Waals surface area contributed by atoms with E-state index in [4.69, 9.17) is 0 Å². The third-order valence-electron chi connectivity index (χ3n) is 1.04. The summed E-state index contributed by atoms with van der Waals surface area (Å²) in [7, 11) is 0.